The lowest BCUT2D eigenvalue weighted by molar-refractivity contribution is 0.214. The third kappa shape index (κ3) is 3.42. The van der Waals surface area contributed by atoms with Crippen LogP contribution in [0.1, 0.15) is 23.4 Å². The molecule has 5 heteroatoms. The second-order valence-corrected chi connectivity index (χ2v) is 7.76. The number of rotatable bonds is 5. The molecule has 0 amide bonds. The van der Waals surface area contributed by atoms with Crippen molar-refractivity contribution in [3.63, 3.8) is 0 Å². The molecule has 2 nitrogen and oxygen atoms in total. The van der Waals surface area contributed by atoms with Gasteiger partial charge in [0.05, 0.1) is 9.83 Å². The van der Waals surface area contributed by atoms with Crippen LogP contribution in [0.25, 0.3) is 0 Å². The Morgan fingerprint density at radius 1 is 1.44 bits per heavy atom. The van der Waals surface area contributed by atoms with Crippen molar-refractivity contribution in [1.29, 1.82) is 0 Å². The van der Waals surface area contributed by atoms with E-state index in [1.807, 2.05) is 0 Å². The molecule has 0 aliphatic heterocycles. The van der Waals surface area contributed by atoms with Crippen LogP contribution in [-0.4, -0.2) is 18.0 Å². The fourth-order valence-electron chi connectivity index (χ4n) is 2.15. The third-order valence-electron chi connectivity index (χ3n) is 2.86. The van der Waals surface area contributed by atoms with Gasteiger partial charge in [0.25, 0.3) is 0 Å². The summed E-state index contributed by atoms with van der Waals surface area (Å²) in [5.74, 6) is 0. The average molecular weight is 345 g/mol. The Balaban J connectivity index is 2.11. The van der Waals surface area contributed by atoms with Crippen molar-refractivity contribution < 1.29 is 0 Å². The Morgan fingerprint density at radius 2 is 2.22 bits per heavy atom. The molecule has 2 heterocycles. The Hall–Kier alpha value is -0.200. The highest BCUT2D eigenvalue weighted by molar-refractivity contribution is 9.11. The molecule has 0 radical (unpaired) electrons. The lowest BCUT2D eigenvalue weighted by Crippen LogP contribution is -2.36. The first-order valence-corrected chi connectivity index (χ1v) is 8.35. The quantitative estimate of drug-likeness (QED) is 0.884. The molecule has 2 aromatic rings. The highest BCUT2D eigenvalue weighted by atomic mass is 79.9. The first-order valence-electron chi connectivity index (χ1n) is 5.80. The fourth-order valence-corrected chi connectivity index (χ4v) is 4.36. The normalized spacial score (nSPS) is 14.9. The van der Waals surface area contributed by atoms with Crippen LogP contribution in [0, 0.1) is 0 Å². The monoisotopic (exact) mass is 344 g/mol. The molecule has 2 N–H and O–H groups in total. The van der Waals surface area contributed by atoms with Gasteiger partial charge >= 0.3 is 0 Å². The van der Waals surface area contributed by atoms with Gasteiger partial charge in [0, 0.05) is 17.5 Å². The van der Waals surface area contributed by atoms with Crippen molar-refractivity contribution in [2.45, 2.75) is 25.6 Å². The van der Waals surface area contributed by atoms with Gasteiger partial charge in [-0.1, -0.05) is 6.07 Å². The molecule has 0 aliphatic carbocycles. The van der Waals surface area contributed by atoms with Crippen molar-refractivity contribution in [2.75, 3.05) is 7.05 Å². The van der Waals surface area contributed by atoms with E-state index >= 15 is 0 Å². The summed E-state index contributed by atoms with van der Waals surface area (Å²) in [7, 11) is 2.14. The van der Waals surface area contributed by atoms with Crippen LogP contribution in [0.3, 0.4) is 0 Å². The smallest absolute Gasteiger partial charge is 0.0701 e. The molecule has 2 aromatic heterocycles. The number of halogens is 1. The molecule has 2 atom stereocenters. The minimum atomic E-state index is 0.121. The molecule has 0 aliphatic rings. The largest absolute Gasteiger partial charge is 0.326 e. The summed E-state index contributed by atoms with van der Waals surface area (Å²) in [5.41, 5.74) is 7.48. The molecule has 0 aromatic carbocycles. The molecule has 2 rings (SSSR count). The predicted molar refractivity (Wildman–Crippen MR) is 84.2 cm³/mol. The topological polar surface area (TPSA) is 29.3 Å². The molecule has 98 valence electrons. The first-order chi connectivity index (χ1) is 8.58. The van der Waals surface area contributed by atoms with Crippen LogP contribution in [0.15, 0.2) is 32.7 Å². The van der Waals surface area contributed by atoms with Crippen molar-refractivity contribution in [2.24, 2.45) is 5.73 Å². The maximum atomic E-state index is 6.15. The standard InChI is InChI=1S/C13H17BrN2S2/c1-9(15)13(11-4-3-5-17-11)16(2)7-10-6-12(14)18-8-10/h3-6,8-9,13H,7,15H2,1-2H3. The summed E-state index contributed by atoms with van der Waals surface area (Å²) in [6.07, 6.45) is 0. The van der Waals surface area contributed by atoms with Gasteiger partial charge in [-0.3, -0.25) is 4.90 Å². The van der Waals surface area contributed by atoms with Gasteiger partial charge in [-0.2, -0.15) is 0 Å². The minimum Gasteiger partial charge on any atom is -0.326 e. The summed E-state index contributed by atoms with van der Waals surface area (Å²) in [5, 5.41) is 4.30. The Bertz CT molecular complexity index is 479. The zero-order valence-electron chi connectivity index (χ0n) is 10.5. The molecular formula is C13H17BrN2S2. The highest BCUT2D eigenvalue weighted by Crippen LogP contribution is 2.29. The van der Waals surface area contributed by atoms with Crippen LogP contribution in [0.4, 0.5) is 0 Å². The maximum Gasteiger partial charge on any atom is 0.0701 e. The van der Waals surface area contributed by atoms with Crippen LogP contribution in [0.5, 0.6) is 0 Å². The number of nitrogens with zero attached hydrogens (tertiary/aromatic N) is 1. The van der Waals surface area contributed by atoms with E-state index in [2.05, 4.69) is 63.8 Å². The molecule has 0 spiro atoms. The highest BCUT2D eigenvalue weighted by Gasteiger charge is 2.22. The maximum absolute atomic E-state index is 6.15. The van der Waals surface area contributed by atoms with Gasteiger partial charge in [0.2, 0.25) is 0 Å². The molecule has 0 bridgehead atoms. The van der Waals surface area contributed by atoms with E-state index in [1.165, 1.54) is 14.2 Å². The van der Waals surface area contributed by atoms with Gasteiger partial charge < -0.3 is 5.73 Å². The Labute approximate surface area is 125 Å². The van der Waals surface area contributed by atoms with E-state index in [9.17, 15) is 0 Å². The zero-order valence-corrected chi connectivity index (χ0v) is 13.7. The second kappa shape index (κ2) is 6.30. The van der Waals surface area contributed by atoms with Gasteiger partial charge in [0.1, 0.15) is 0 Å². The van der Waals surface area contributed by atoms with Crippen molar-refractivity contribution >= 4 is 38.6 Å². The van der Waals surface area contributed by atoms with Crippen LogP contribution in [-0.2, 0) is 6.54 Å². The molecular weight excluding hydrogens is 328 g/mol. The van der Waals surface area contributed by atoms with E-state index in [1.54, 1.807) is 22.7 Å². The molecule has 0 fully saturated rings. The Kier molecular flexibility index (Phi) is 4.98. The third-order valence-corrected chi connectivity index (χ3v) is 5.36. The summed E-state index contributed by atoms with van der Waals surface area (Å²) in [4.78, 5) is 3.66. The lowest BCUT2D eigenvalue weighted by Gasteiger charge is -2.30. The first kappa shape index (κ1) is 14.2. The van der Waals surface area contributed by atoms with Gasteiger partial charge in [-0.25, -0.2) is 0 Å². The van der Waals surface area contributed by atoms with E-state index in [-0.39, 0.29) is 12.1 Å². The average Bonchev–Trinajstić information content (AvgIpc) is 2.90. The second-order valence-electron chi connectivity index (χ2n) is 4.49. The van der Waals surface area contributed by atoms with E-state index in [0.717, 1.165) is 6.54 Å². The number of nitrogens with two attached hydrogens (primary N) is 1. The number of hydrogen-bond acceptors (Lipinski definition) is 4. The van der Waals surface area contributed by atoms with Crippen LogP contribution >= 0.6 is 38.6 Å². The van der Waals surface area contributed by atoms with E-state index in [0.29, 0.717) is 0 Å². The summed E-state index contributed by atoms with van der Waals surface area (Å²) < 4.78 is 1.18. The number of hydrogen-bond donors (Lipinski definition) is 1. The zero-order chi connectivity index (χ0) is 13.1. The van der Waals surface area contributed by atoms with Gasteiger partial charge in [-0.15, -0.1) is 22.7 Å². The summed E-state index contributed by atoms with van der Waals surface area (Å²) in [6.45, 7) is 3.00. The molecule has 0 saturated heterocycles. The van der Waals surface area contributed by atoms with Gasteiger partial charge in [-0.05, 0) is 58.4 Å². The Morgan fingerprint density at radius 3 is 2.72 bits per heavy atom. The summed E-state index contributed by atoms with van der Waals surface area (Å²) in [6, 6.07) is 6.83. The summed E-state index contributed by atoms with van der Waals surface area (Å²) >= 11 is 7.00. The lowest BCUT2D eigenvalue weighted by atomic mass is 10.1. The fraction of sp³-hybridized carbons (Fsp3) is 0.385. The number of likely N-dealkylation sites (N-methyl/N-ethyl adjacent to an activating group) is 1. The number of thiophene rings is 2. The van der Waals surface area contributed by atoms with Crippen molar-refractivity contribution in [3.05, 3.63) is 43.2 Å². The van der Waals surface area contributed by atoms with Crippen molar-refractivity contribution in [1.82, 2.24) is 4.90 Å². The molecule has 18 heavy (non-hydrogen) atoms. The van der Waals surface area contributed by atoms with Crippen LogP contribution in [0.2, 0.25) is 0 Å². The molecule has 2 unspecified atom stereocenters. The predicted octanol–water partition coefficient (Wildman–Crippen LogP) is 4.09. The van der Waals surface area contributed by atoms with E-state index in [4.69, 9.17) is 5.73 Å². The molecule has 0 saturated carbocycles. The van der Waals surface area contributed by atoms with Crippen LogP contribution < -0.4 is 5.73 Å². The minimum absolute atomic E-state index is 0.121. The van der Waals surface area contributed by atoms with Crippen molar-refractivity contribution in [3.8, 4) is 0 Å². The SMILES string of the molecule is CC(N)C(c1cccs1)N(C)Cc1csc(Br)c1. The van der Waals surface area contributed by atoms with E-state index < -0.39 is 0 Å². The van der Waals surface area contributed by atoms with Gasteiger partial charge in [0.15, 0.2) is 0 Å².